The molecule has 0 saturated carbocycles. The summed E-state index contributed by atoms with van der Waals surface area (Å²) in [6.45, 7) is 9.65. The van der Waals surface area contributed by atoms with E-state index in [1.54, 1.807) is 0 Å². The van der Waals surface area contributed by atoms with Crippen molar-refractivity contribution in [1.82, 2.24) is 9.80 Å². The van der Waals surface area contributed by atoms with Crippen LogP contribution in [0.4, 0.5) is 0 Å². The fourth-order valence-corrected chi connectivity index (χ4v) is 2.77. The Hall–Kier alpha value is -0.860. The fourth-order valence-electron chi connectivity index (χ4n) is 2.77. The molecule has 1 aromatic rings. The normalized spacial score (nSPS) is 17.7. The molecule has 0 aromatic heterocycles. The van der Waals surface area contributed by atoms with Crippen molar-refractivity contribution in [3.63, 3.8) is 0 Å². The third-order valence-corrected chi connectivity index (χ3v) is 4.04. The first-order chi connectivity index (χ1) is 9.38. The van der Waals surface area contributed by atoms with E-state index in [0.29, 0.717) is 0 Å². The van der Waals surface area contributed by atoms with Crippen LogP contribution in [0.25, 0.3) is 0 Å². The number of benzene rings is 1. The zero-order chi connectivity index (χ0) is 13.3. The van der Waals surface area contributed by atoms with Crippen LogP contribution in [-0.4, -0.2) is 42.5 Å². The molecule has 2 heteroatoms. The Labute approximate surface area is 118 Å². The second-order valence-electron chi connectivity index (χ2n) is 5.66. The van der Waals surface area contributed by atoms with E-state index in [1.807, 2.05) is 0 Å². The van der Waals surface area contributed by atoms with Crippen LogP contribution in [-0.2, 0) is 6.54 Å². The molecule has 0 unspecified atom stereocenters. The molecule has 0 amide bonds. The summed E-state index contributed by atoms with van der Waals surface area (Å²) in [6, 6.07) is 10.8. The zero-order valence-electron chi connectivity index (χ0n) is 12.4. The smallest absolute Gasteiger partial charge is 0.0234 e. The molecule has 1 heterocycles. The Bertz CT molecular complexity index is 328. The molecule has 0 spiro atoms. The summed E-state index contributed by atoms with van der Waals surface area (Å²) < 4.78 is 0. The molecule has 0 atom stereocenters. The Morgan fingerprint density at radius 3 is 2.21 bits per heavy atom. The maximum atomic E-state index is 2.64. The highest BCUT2D eigenvalue weighted by atomic mass is 15.3. The summed E-state index contributed by atoms with van der Waals surface area (Å²) in [4.78, 5) is 5.22. The molecule has 106 valence electrons. The van der Waals surface area contributed by atoms with E-state index < -0.39 is 0 Å². The molecule has 1 fully saturated rings. The van der Waals surface area contributed by atoms with Crippen LogP contribution >= 0.6 is 0 Å². The Balaban J connectivity index is 1.62. The van der Waals surface area contributed by atoms with Crippen LogP contribution in [0, 0.1) is 0 Å². The minimum Gasteiger partial charge on any atom is -0.301 e. The molecule has 0 N–H and O–H groups in total. The quantitative estimate of drug-likeness (QED) is 0.693. The highest BCUT2D eigenvalue weighted by molar-refractivity contribution is 5.14. The average molecular weight is 260 g/mol. The van der Waals surface area contributed by atoms with Crippen molar-refractivity contribution >= 4 is 0 Å². The largest absolute Gasteiger partial charge is 0.301 e. The van der Waals surface area contributed by atoms with E-state index in [1.165, 1.54) is 64.0 Å². The lowest BCUT2D eigenvalue weighted by Crippen LogP contribution is -2.46. The van der Waals surface area contributed by atoms with Crippen molar-refractivity contribution in [1.29, 1.82) is 0 Å². The molecule has 2 rings (SSSR count). The summed E-state index contributed by atoms with van der Waals surface area (Å²) in [5.41, 5.74) is 1.44. The molecule has 2 nitrogen and oxygen atoms in total. The van der Waals surface area contributed by atoms with Crippen LogP contribution in [0.3, 0.4) is 0 Å². The van der Waals surface area contributed by atoms with E-state index in [4.69, 9.17) is 0 Å². The van der Waals surface area contributed by atoms with Gasteiger partial charge in [0.15, 0.2) is 0 Å². The molecule has 1 aliphatic rings. The number of hydrogen-bond acceptors (Lipinski definition) is 2. The van der Waals surface area contributed by atoms with E-state index in [9.17, 15) is 0 Å². The van der Waals surface area contributed by atoms with E-state index in [-0.39, 0.29) is 0 Å². The molecule has 1 aromatic carbocycles. The minimum absolute atomic E-state index is 1.12. The highest BCUT2D eigenvalue weighted by Crippen LogP contribution is 2.09. The predicted molar refractivity (Wildman–Crippen MR) is 82.3 cm³/mol. The van der Waals surface area contributed by atoms with E-state index in [2.05, 4.69) is 47.1 Å². The van der Waals surface area contributed by atoms with Crippen LogP contribution in [0.1, 0.15) is 38.2 Å². The maximum absolute atomic E-state index is 2.64. The van der Waals surface area contributed by atoms with Crippen LogP contribution in [0.5, 0.6) is 0 Å². The summed E-state index contributed by atoms with van der Waals surface area (Å²) in [6.07, 6.45) is 5.52. The summed E-state index contributed by atoms with van der Waals surface area (Å²) in [5.74, 6) is 0. The molecule has 0 bridgehead atoms. The van der Waals surface area contributed by atoms with Gasteiger partial charge in [0.1, 0.15) is 0 Å². The topological polar surface area (TPSA) is 6.48 Å². The van der Waals surface area contributed by atoms with Crippen molar-refractivity contribution in [2.75, 3.05) is 32.7 Å². The van der Waals surface area contributed by atoms with Gasteiger partial charge in [0.25, 0.3) is 0 Å². The number of nitrogens with zero attached hydrogens (tertiary/aromatic N) is 2. The molecule has 1 aliphatic heterocycles. The lowest BCUT2D eigenvalue weighted by molar-refractivity contribution is 0.125. The number of unbranched alkanes of at least 4 members (excludes halogenated alkanes) is 3. The molecule has 19 heavy (non-hydrogen) atoms. The van der Waals surface area contributed by atoms with Gasteiger partial charge in [-0.2, -0.15) is 0 Å². The lowest BCUT2D eigenvalue weighted by atomic mass is 10.1. The fraction of sp³-hybridized carbons (Fsp3) is 0.647. The molecular weight excluding hydrogens is 232 g/mol. The second kappa shape index (κ2) is 8.34. The predicted octanol–water partition coefficient (Wildman–Crippen LogP) is 3.38. The van der Waals surface area contributed by atoms with Gasteiger partial charge >= 0.3 is 0 Å². The SMILES string of the molecule is CCCCCCN1CCN(Cc2ccccc2)CC1. The van der Waals surface area contributed by atoms with Gasteiger partial charge in [0.05, 0.1) is 0 Å². The first-order valence-corrected chi connectivity index (χ1v) is 7.87. The monoisotopic (exact) mass is 260 g/mol. The first-order valence-electron chi connectivity index (χ1n) is 7.87. The van der Waals surface area contributed by atoms with Gasteiger partial charge in [-0.05, 0) is 18.5 Å². The van der Waals surface area contributed by atoms with Gasteiger partial charge < -0.3 is 4.90 Å². The van der Waals surface area contributed by atoms with Crippen molar-refractivity contribution < 1.29 is 0 Å². The number of hydrogen-bond donors (Lipinski definition) is 0. The zero-order valence-corrected chi connectivity index (χ0v) is 12.4. The summed E-state index contributed by atoms with van der Waals surface area (Å²) >= 11 is 0. The van der Waals surface area contributed by atoms with Gasteiger partial charge in [0, 0.05) is 32.7 Å². The van der Waals surface area contributed by atoms with Crippen LogP contribution in [0.15, 0.2) is 30.3 Å². The number of rotatable bonds is 7. The standard InChI is InChI=1S/C17H28N2/c1-2-3-4-8-11-18-12-14-19(15-13-18)16-17-9-6-5-7-10-17/h5-7,9-10H,2-4,8,11-16H2,1H3. The van der Waals surface area contributed by atoms with Gasteiger partial charge in [-0.1, -0.05) is 56.5 Å². The van der Waals surface area contributed by atoms with Gasteiger partial charge in [0.2, 0.25) is 0 Å². The van der Waals surface area contributed by atoms with Crippen LogP contribution < -0.4 is 0 Å². The van der Waals surface area contributed by atoms with E-state index >= 15 is 0 Å². The van der Waals surface area contributed by atoms with Crippen molar-refractivity contribution in [2.24, 2.45) is 0 Å². The first kappa shape index (κ1) is 14.5. The van der Waals surface area contributed by atoms with Crippen molar-refractivity contribution in [2.45, 2.75) is 39.2 Å². The summed E-state index contributed by atoms with van der Waals surface area (Å²) in [5, 5.41) is 0. The third-order valence-electron chi connectivity index (χ3n) is 4.04. The van der Waals surface area contributed by atoms with Gasteiger partial charge in [-0.15, -0.1) is 0 Å². The van der Waals surface area contributed by atoms with E-state index in [0.717, 1.165) is 6.54 Å². The maximum Gasteiger partial charge on any atom is 0.0234 e. The van der Waals surface area contributed by atoms with Crippen molar-refractivity contribution in [3.8, 4) is 0 Å². The molecule has 0 aliphatic carbocycles. The lowest BCUT2D eigenvalue weighted by Gasteiger charge is -2.34. The van der Waals surface area contributed by atoms with Crippen molar-refractivity contribution in [3.05, 3.63) is 35.9 Å². The Morgan fingerprint density at radius 2 is 1.53 bits per heavy atom. The van der Waals surface area contributed by atoms with Gasteiger partial charge in [-0.25, -0.2) is 0 Å². The molecular formula is C17H28N2. The average Bonchev–Trinajstić information content (AvgIpc) is 2.46. The minimum atomic E-state index is 1.12. The second-order valence-corrected chi connectivity index (χ2v) is 5.66. The summed E-state index contributed by atoms with van der Waals surface area (Å²) in [7, 11) is 0. The number of piperazine rings is 1. The molecule has 0 radical (unpaired) electrons. The Kier molecular flexibility index (Phi) is 6.38. The molecule has 1 saturated heterocycles. The third kappa shape index (κ3) is 5.33. The van der Waals surface area contributed by atoms with Gasteiger partial charge in [-0.3, -0.25) is 4.90 Å². The highest BCUT2D eigenvalue weighted by Gasteiger charge is 2.16. The Morgan fingerprint density at radius 1 is 0.842 bits per heavy atom. The van der Waals surface area contributed by atoms with Crippen LogP contribution in [0.2, 0.25) is 0 Å².